The lowest BCUT2D eigenvalue weighted by Gasteiger charge is -2.18. The first-order chi connectivity index (χ1) is 15.4. The molecule has 5 nitrogen and oxygen atoms in total. The van der Waals surface area contributed by atoms with Crippen molar-refractivity contribution in [3.8, 4) is 5.75 Å². The topological polar surface area (TPSA) is 58.6 Å². The average molecular weight is 447 g/mol. The van der Waals surface area contributed by atoms with E-state index in [2.05, 4.69) is 12.2 Å². The van der Waals surface area contributed by atoms with Crippen LogP contribution >= 0.6 is 11.6 Å². The van der Waals surface area contributed by atoms with Gasteiger partial charge in [0.1, 0.15) is 11.4 Å². The van der Waals surface area contributed by atoms with Crippen LogP contribution in [0.4, 0.5) is 11.4 Å². The fourth-order valence-corrected chi connectivity index (χ4v) is 3.92. The SMILES string of the molecule is CCc1ccc(NC2=C(c3ccccc3OC)C(=O)N(c3cc(Cl)ccc3C)C2=O)cc1. The van der Waals surface area contributed by atoms with Crippen LogP contribution < -0.4 is 15.0 Å². The Morgan fingerprint density at radius 3 is 2.38 bits per heavy atom. The Balaban J connectivity index is 1.86. The Bertz CT molecular complexity index is 1230. The smallest absolute Gasteiger partial charge is 0.282 e. The van der Waals surface area contributed by atoms with Gasteiger partial charge >= 0.3 is 0 Å². The molecule has 32 heavy (non-hydrogen) atoms. The average Bonchev–Trinajstić information content (AvgIpc) is 3.05. The Labute approximate surface area is 192 Å². The summed E-state index contributed by atoms with van der Waals surface area (Å²) in [5.41, 5.74) is 4.12. The van der Waals surface area contributed by atoms with Crippen LogP contribution in [0.25, 0.3) is 5.57 Å². The maximum Gasteiger partial charge on any atom is 0.282 e. The zero-order valence-electron chi connectivity index (χ0n) is 18.1. The number of para-hydroxylation sites is 1. The lowest BCUT2D eigenvalue weighted by atomic mass is 10.0. The van der Waals surface area contributed by atoms with E-state index in [1.807, 2.05) is 43.3 Å². The van der Waals surface area contributed by atoms with Crippen molar-refractivity contribution in [3.05, 3.63) is 94.1 Å². The number of nitrogens with zero attached hydrogens (tertiary/aromatic N) is 1. The molecular formula is C26H23ClN2O3. The highest BCUT2D eigenvalue weighted by Crippen LogP contribution is 2.38. The molecule has 6 heteroatoms. The van der Waals surface area contributed by atoms with Crippen molar-refractivity contribution < 1.29 is 14.3 Å². The summed E-state index contributed by atoms with van der Waals surface area (Å²) in [4.78, 5) is 28.4. The lowest BCUT2D eigenvalue weighted by molar-refractivity contribution is -0.120. The number of hydrogen-bond donors (Lipinski definition) is 1. The summed E-state index contributed by atoms with van der Waals surface area (Å²) in [7, 11) is 1.54. The molecule has 0 aliphatic carbocycles. The predicted molar refractivity (Wildman–Crippen MR) is 128 cm³/mol. The van der Waals surface area contributed by atoms with Crippen LogP contribution in [0.15, 0.2) is 72.4 Å². The van der Waals surface area contributed by atoms with Gasteiger partial charge < -0.3 is 10.1 Å². The van der Waals surface area contributed by atoms with Gasteiger partial charge in [0.05, 0.1) is 18.4 Å². The molecule has 1 aliphatic heterocycles. The summed E-state index contributed by atoms with van der Waals surface area (Å²) >= 11 is 6.19. The number of imide groups is 1. The van der Waals surface area contributed by atoms with Crippen molar-refractivity contribution in [2.75, 3.05) is 17.3 Å². The summed E-state index contributed by atoms with van der Waals surface area (Å²) < 4.78 is 5.49. The largest absolute Gasteiger partial charge is 0.496 e. The van der Waals surface area contributed by atoms with Gasteiger partial charge in [-0.1, -0.05) is 54.9 Å². The molecule has 0 fully saturated rings. The molecule has 0 aromatic heterocycles. The zero-order chi connectivity index (χ0) is 22.8. The number of halogens is 1. The van der Waals surface area contributed by atoms with E-state index in [0.29, 0.717) is 22.0 Å². The normalized spacial score (nSPS) is 13.7. The second-order valence-corrected chi connectivity index (χ2v) is 7.94. The maximum absolute atomic E-state index is 13.7. The second-order valence-electron chi connectivity index (χ2n) is 7.50. The third-order valence-electron chi connectivity index (χ3n) is 5.50. The summed E-state index contributed by atoms with van der Waals surface area (Å²) in [5.74, 6) is -0.368. The number of benzene rings is 3. The zero-order valence-corrected chi connectivity index (χ0v) is 18.9. The quantitative estimate of drug-likeness (QED) is 0.499. The van der Waals surface area contributed by atoms with Crippen LogP contribution in [0.5, 0.6) is 5.75 Å². The fourth-order valence-electron chi connectivity index (χ4n) is 3.76. The lowest BCUT2D eigenvalue weighted by Crippen LogP contribution is -2.33. The first-order valence-corrected chi connectivity index (χ1v) is 10.7. The van der Waals surface area contributed by atoms with E-state index < -0.39 is 11.8 Å². The number of carbonyl (C=O) groups excluding carboxylic acids is 2. The Morgan fingerprint density at radius 1 is 0.969 bits per heavy atom. The molecule has 0 spiro atoms. The molecule has 0 atom stereocenters. The van der Waals surface area contributed by atoms with Gasteiger partial charge in [0, 0.05) is 16.3 Å². The van der Waals surface area contributed by atoms with Gasteiger partial charge in [-0.15, -0.1) is 0 Å². The van der Waals surface area contributed by atoms with E-state index in [4.69, 9.17) is 16.3 Å². The number of anilines is 2. The van der Waals surface area contributed by atoms with E-state index in [-0.39, 0.29) is 11.3 Å². The molecule has 0 radical (unpaired) electrons. The summed E-state index contributed by atoms with van der Waals surface area (Å²) in [6, 6.07) is 20.1. The van der Waals surface area contributed by atoms with Crippen LogP contribution in [-0.4, -0.2) is 18.9 Å². The highest BCUT2D eigenvalue weighted by molar-refractivity contribution is 6.46. The van der Waals surface area contributed by atoms with Gasteiger partial charge in [0.2, 0.25) is 0 Å². The van der Waals surface area contributed by atoms with Gasteiger partial charge in [0.25, 0.3) is 11.8 Å². The predicted octanol–water partition coefficient (Wildman–Crippen LogP) is 5.62. The summed E-state index contributed by atoms with van der Waals surface area (Å²) in [5, 5.41) is 3.63. The number of methoxy groups -OCH3 is 1. The minimum Gasteiger partial charge on any atom is -0.496 e. The van der Waals surface area contributed by atoms with Crippen molar-refractivity contribution >= 4 is 40.4 Å². The van der Waals surface area contributed by atoms with Gasteiger partial charge in [0.15, 0.2) is 0 Å². The maximum atomic E-state index is 13.7. The molecule has 3 aromatic carbocycles. The molecule has 1 heterocycles. The molecule has 1 aliphatic rings. The Hall–Kier alpha value is -3.57. The van der Waals surface area contributed by atoms with E-state index in [9.17, 15) is 9.59 Å². The molecule has 0 saturated heterocycles. The third-order valence-corrected chi connectivity index (χ3v) is 5.74. The number of aryl methyl sites for hydroxylation is 2. The van der Waals surface area contributed by atoms with Crippen LogP contribution in [0.3, 0.4) is 0 Å². The van der Waals surface area contributed by atoms with E-state index in [1.165, 1.54) is 17.6 Å². The van der Waals surface area contributed by atoms with Crippen molar-refractivity contribution in [1.29, 1.82) is 0 Å². The number of amides is 2. The van der Waals surface area contributed by atoms with Gasteiger partial charge in [-0.2, -0.15) is 0 Å². The molecule has 3 aromatic rings. The Morgan fingerprint density at radius 2 is 1.69 bits per heavy atom. The van der Waals surface area contributed by atoms with Gasteiger partial charge in [-0.3, -0.25) is 9.59 Å². The molecular weight excluding hydrogens is 424 g/mol. The van der Waals surface area contributed by atoms with E-state index in [1.54, 1.807) is 30.3 Å². The minimum atomic E-state index is -0.444. The third kappa shape index (κ3) is 3.87. The molecule has 162 valence electrons. The van der Waals surface area contributed by atoms with Crippen LogP contribution in [0.2, 0.25) is 5.02 Å². The van der Waals surface area contributed by atoms with Crippen molar-refractivity contribution in [3.63, 3.8) is 0 Å². The minimum absolute atomic E-state index is 0.197. The van der Waals surface area contributed by atoms with Crippen molar-refractivity contribution in [2.45, 2.75) is 20.3 Å². The number of carbonyl (C=O) groups is 2. The monoisotopic (exact) mass is 446 g/mol. The van der Waals surface area contributed by atoms with Gasteiger partial charge in [-0.05, 0) is 54.8 Å². The van der Waals surface area contributed by atoms with Gasteiger partial charge in [-0.25, -0.2) is 4.90 Å². The molecule has 0 saturated carbocycles. The first-order valence-electron chi connectivity index (χ1n) is 10.3. The standard InChI is InChI=1S/C26H23ClN2O3/c1-4-17-10-13-19(14-11-17)28-24-23(20-7-5-6-8-22(20)32-3)25(30)29(26(24)31)21-15-18(27)12-9-16(21)2/h5-15,28H,4H2,1-3H3. The summed E-state index contributed by atoms with van der Waals surface area (Å²) in [6.07, 6.45) is 0.911. The fraction of sp³-hybridized carbons (Fsp3) is 0.154. The number of rotatable bonds is 6. The van der Waals surface area contributed by atoms with Crippen molar-refractivity contribution in [2.24, 2.45) is 0 Å². The van der Waals surface area contributed by atoms with Crippen LogP contribution in [0.1, 0.15) is 23.6 Å². The van der Waals surface area contributed by atoms with Crippen molar-refractivity contribution in [1.82, 2.24) is 0 Å². The number of ether oxygens (including phenoxy) is 1. The molecule has 1 N–H and O–H groups in total. The molecule has 0 unspecified atom stereocenters. The van der Waals surface area contributed by atoms with E-state index >= 15 is 0 Å². The number of hydrogen-bond acceptors (Lipinski definition) is 4. The Kier molecular flexibility index (Phi) is 6.01. The highest BCUT2D eigenvalue weighted by atomic mass is 35.5. The highest BCUT2D eigenvalue weighted by Gasteiger charge is 2.41. The first kappa shape index (κ1) is 21.7. The van der Waals surface area contributed by atoms with Crippen LogP contribution in [0, 0.1) is 6.92 Å². The summed E-state index contributed by atoms with van der Waals surface area (Å²) in [6.45, 7) is 3.92. The van der Waals surface area contributed by atoms with E-state index in [0.717, 1.165) is 17.7 Å². The molecule has 4 rings (SSSR count). The molecule has 2 amide bonds. The number of nitrogens with one attached hydrogen (secondary N) is 1. The van der Waals surface area contributed by atoms with Crippen LogP contribution in [-0.2, 0) is 16.0 Å². The second kappa shape index (κ2) is 8.89. The molecule has 0 bridgehead atoms.